The second-order valence-electron chi connectivity index (χ2n) is 5.30. The van der Waals surface area contributed by atoms with Gasteiger partial charge in [-0.3, -0.25) is 14.5 Å². The van der Waals surface area contributed by atoms with Crippen molar-refractivity contribution in [2.45, 2.75) is 32.1 Å². The van der Waals surface area contributed by atoms with Gasteiger partial charge in [-0.15, -0.1) is 0 Å². The number of hydrogen-bond donors (Lipinski definition) is 1. The van der Waals surface area contributed by atoms with E-state index in [1.54, 1.807) is 0 Å². The van der Waals surface area contributed by atoms with E-state index < -0.39 is 0 Å². The second kappa shape index (κ2) is 6.29. The van der Waals surface area contributed by atoms with E-state index in [1.165, 1.54) is 17.7 Å². The molecule has 2 heterocycles. The van der Waals surface area contributed by atoms with E-state index in [-0.39, 0.29) is 11.8 Å². The van der Waals surface area contributed by atoms with Crippen LogP contribution in [0.15, 0.2) is 0 Å². The van der Waals surface area contributed by atoms with Gasteiger partial charge in [0, 0.05) is 25.9 Å². The molecule has 0 unspecified atom stereocenters. The fourth-order valence-electron chi connectivity index (χ4n) is 2.85. The van der Waals surface area contributed by atoms with Crippen molar-refractivity contribution in [3.63, 3.8) is 0 Å². The lowest BCUT2D eigenvalue weighted by atomic mass is 9.94. The number of hydrogen-bond acceptors (Lipinski definition) is 4. The minimum Gasteiger partial charge on any atom is -0.330 e. The van der Waals surface area contributed by atoms with Crippen LogP contribution in [0.2, 0.25) is 0 Å². The second-order valence-corrected chi connectivity index (χ2v) is 5.30. The van der Waals surface area contributed by atoms with Crippen molar-refractivity contribution in [1.82, 2.24) is 9.80 Å². The van der Waals surface area contributed by atoms with Crippen molar-refractivity contribution in [1.29, 1.82) is 0 Å². The molecule has 0 aliphatic carbocycles. The summed E-state index contributed by atoms with van der Waals surface area (Å²) in [7, 11) is 0. The van der Waals surface area contributed by atoms with Crippen LogP contribution in [0.1, 0.15) is 32.1 Å². The van der Waals surface area contributed by atoms with Crippen LogP contribution in [0.4, 0.5) is 0 Å². The summed E-state index contributed by atoms with van der Waals surface area (Å²) in [4.78, 5) is 26.7. The van der Waals surface area contributed by atoms with Gasteiger partial charge >= 0.3 is 0 Å². The molecular formula is C13H23N3O2. The monoisotopic (exact) mass is 253 g/mol. The number of likely N-dealkylation sites (tertiary alicyclic amines) is 2. The summed E-state index contributed by atoms with van der Waals surface area (Å²) in [5, 5.41) is 0. The Morgan fingerprint density at radius 2 is 1.67 bits per heavy atom. The summed E-state index contributed by atoms with van der Waals surface area (Å²) < 4.78 is 0. The summed E-state index contributed by atoms with van der Waals surface area (Å²) in [6.45, 7) is 4.31. The van der Waals surface area contributed by atoms with Gasteiger partial charge in [0.1, 0.15) is 0 Å². The van der Waals surface area contributed by atoms with Gasteiger partial charge in [0.2, 0.25) is 11.8 Å². The topological polar surface area (TPSA) is 66.6 Å². The number of piperidine rings is 1. The van der Waals surface area contributed by atoms with E-state index in [2.05, 4.69) is 4.90 Å². The lowest BCUT2D eigenvalue weighted by molar-refractivity contribution is -0.138. The van der Waals surface area contributed by atoms with Gasteiger partial charge in [0.25, 0.3) is 0 Å². The maximum Gasteiger partial charge on any atom is 0.229 e. The zero-order chi connectivity index (χ0) is 13.0. The third-order valence-corrected chi connectivity index (χ3v) is 4.08. The molecule has 0 aromatic rings. The van der Waals surface area contributed by atoms with Crippen LogP contribution in [-0.2, 0) is 9.59 Å². The van der Waals surface area contributed by atoms with Crippen LogP contribution >= 0.6 is 0 Å². The van der Waals surface area contributed by atoms with E-state index in [0.717, 1.165) is 38.5 Å². The highest BCUT2D eigenvalue weighted by Gasteiger charge is 2.29. The highest BCUT2D eigenvalue weighted by molar-refractivity contribution is 6.01. The molecule has 2 amide bonds. The summed E-state index contributed by atoms with van der Waals surface area (Å²) >= 11 is 0. The summed E-state index contributed by atoms with van der Waals surface area (Å²) in [6, 6.07) is 0. The standard InChI is InChI=1S/C13H23N3O2/c14-6-3-11-4-7-15(8-5-11)9-10-16-12(17)1-2-13(16)18/h11H,1-10,14H2. The van der Waals surface area contributed by atoms with E-state index in [9.17, 15) is 9.59 Å². The van der Waals surface area contributed by atoms with Crippen molar-refractivity contribution in [3.05, 3.63) is 0 Å². The lowest BCUT2D eigenvalue weighted by Crippen LogP contribution is -2.41. The molecule has 0 aromatic carbocycles. The van der Waals surface area contributed by atoms with Crippen LogP contribution < -0.4 is 5.73 Å². The zero-order valence-corrected chi connectivity index (χ0v) is 10.9. The highest BCUT2D eigenvalue weighted by atomic mass is 16.2. The maximum absolute atomic E-state index is 11.5. The van der Waals surface area contributed by atoms with Crippen molar-refractivity contribution in [3.8, 4) is 0 Å². The largest absolute Gasteiger partial charge is 0.330 e. The first kappa shape index (κ1) is 13.5. The van der Waals surface area contributed by atoms with Gasteiger partial charge in [-0.2, -0.15) is 0 Å². The van der Waals surface area contributed by atoms with E-state index in [1.807, 2.05) is 0 Å². The Morgan fingerprint density at radius 3 is 2.22 bits per heavy atom. The summed E-state index contributed by atoms with van der Waals surface area (Å²) in [5.74, 6) is 0.761. The van der Waals surface area contributed by atoms with Crippen molar-refractivity contribution in [2.75, 3.05) is 32.7 Å². The lowest BCUT2D eigenvalue weighted by Gasteiger charge is -2.32. The molecule has 2 N–H and O–H groups in total. The average molecular weight is 253 g/mol. The zero-order valence-electron chi connectivity index (χ0n) is 10.9. The molecule has 0 radical (unpaired) electrons. The molecule has 0 aromatic heterocycles. The number of rotatable bonds is 5. The molecule has 0 atom stereocenters. The van der Waals surface area contributed by atoms with Crippen LogP contribution in [0.25, 0.3) is 0 Å². The van der Waals surface area contributed by atoms with Crippen molar-refractivity contribution < 1.29 is 9.59 Å². The molecule has 2 fully saturated rings. The first-order valence-electron chi connectivity index (χ1n) is 6.96. The number of amides is 2. The Balaban J connectivity index is 1.69. The van der Waals surface area contributed by atoms with Gasteiger partial charge in [-0.05, 0) is 44.8 Å². The molecule has 0 spiro atoms. The van der Waals surface area contributed by atoms with Crippen molar-refractivity contribution >= 4 is 11.8 Å². The van der Waals surface area contributed by atoms with Gasteiger partial charge in [-0.25, -0.2) is 0 Å². The Kier molecular flexibility index (Phi) is 4.72. The first-order chi connectivity index (χ1) is 8.70. The molecule has 5 nitrogen and oxygen atoms in total. The predicted octanol–water partition coefficient (Wildman–Crippen LogP) is 0.196. The first-order valence-corrected chi connectivity index (χ1v) is 6.96. The molecule has 2 aliphatic heterocycles. The van der Waals surface area contributed by atoms with Crippen molar-refractivity contribution in [2.24, 2.45) is 11.7 Å². The quantitative estimate of drug-likeness (QED) is 0.711. The van der Waals surface area contributed by atoms with Gasteiger partial charge in [0.05, 0.1) is 0 Å². The number of nitrogens with two attached hydrogens (primary N) is 1. The molecule has 102 valence electrons. The predicted molar refractivity (Wildman–Crippen MR) is 68.8 cm³/mol. The molecule has 2 saturated heterocycles. The smallest absolute Gasteiger partial charge is 0.229 e. The maximum atomic E-state index is 11.5. The van der Waals surface area contributed by atoms with Crippen LogP contribution in [-0.4, -0.2) is 54.3 Å². The molecule has 2 rings (SSSR count). The van der Waals surface area contributed by atoms with Crippen LogP contribution in [0.3, 0.4) is 0 Å². The van der Waals surface area contributed by atoms with Gasteiger partial charge in [0.15, 0.2) is 0 Å². The molecule has 0 saturated carbocycles. The molecule has 2 aliphatic rings. The Morgan fingerprint density at radius 1 is 1.06 bits per heavy atom. The fraction of sp³-hybridized carbons (Fsp3) is 0.846. The molecular weight excluding hydrogens is 230 g/mol. The molecule has 18 heavy (non-hydrogen) atoms. The minimum absolute atomic E-state index is 0.00184. The van der Waals surface area contributed by atoms with E-state index >= 15 is 0 Å². The number of carbonyl (C=O) groups excluding carboxylic acids is 2. The normalized spacial score (nSPS) is 23.1. The van der Waals surface area contributed by atoms with Gasteiger partial charge in [-0.1, -0.05) is 0 Å². The minimum atomic E-state index is -0.00184. The van der Waals surface area contributed by atoms with Gasteiger partial charge < -0.3 is 10.6 Å². The Hall–Kier alpha value is -0.940. The Bertz CT molecular complexity index is 295. The number of nitrogens with zero attached hydrogens (tertiary/aromatic N) is 2. The number of carbonyl (C=O) groups is 2. The third kappa shape index (κ3) is 3.29. The van der Waals surface area contributed by atoms with E-state index in [0.29, 0.717) is 19.4 Å². The van der Waals surface area contributed by atoms with Crippen LogP contribution in [0, 0.1) is 5.92 Å². The molecule has 5 heteroatoms. The Labute approximate surface area is 108 Å². The summed E-state index contributed by atoms with van der Waals surface area (Å²) in [6.07, 6.45) is 4.31. The van der Waals surface area contributed by atoms with Crippen LogP contribution in [0.5, 0.6) is 0 Å². The third-order valence-electron chi connectivity index (χ3n) is 4.08. The summed E-state index contributed by atoms with van der Waals surface area (Å²) in [5.41, 5.74) is 5.57. The average Bonchev–Trinajstić information content (AvgIpc) is 2.69. The SMILES string of the molecule is NCCC1CCN(CCN2C(=O)CCC2=O)CC1. The molecule has 0 bridgehead atoms. The number of imide groups is 1. The highest BCUT2D eigenvalue weighted by Crippen LogP contribution is 2.20. The van der Waals surface area contributed by atoms with E-state index in [4.69, 9.17) is 5.73 Å². The fourth-order valence-corrected chi connectivity index (χ4v) is 2.85.